The van der Waals surface area contributed by atoms with Crippen molar-refractivity contribution in [3.05, 3.63) is 95.3 Å². The standard InChI is InChI=1S/C20H17ClN6O/c21-17-5-2-6-18(10-17)27-8-7-19(25-27)20(28)23-11-15-3-1-4-16(9-15)12-26-14-22-13-24-26/h1-10,13-14H,11-12H2,(H,23,28). The van der Waals surface area contributed by atoms with Crippen molar-refractivity contribution in [3.8, 4) is 5.69 Å². The van der Waals surface area contributed by atoms with Crippen LogP contribution in [0.4, 0.5) is 0 Å². The molecule has 4 rings (SSSR count). The van der Waals surface area contributed by atoms with Gasteiger partial charge in [0.15, 0.2) is 5.69 Å². The first-order chi connectivity index (χ1) is 13.7. The molecule has 28 heavy (non-hydrogen) atoms. The van der Waals surface area contributed by atoms with Crippen LogP contribution in [-0.4, -0.2) is 30.5 Å². The second-order valence-electron chi connectivity index (χ2n) is 6.22. The Balaban J connectivity index is 1.39. The first-order valence-corrected chi connectivity index (χ1v) is 9.05. The van der Waals surface area contributed by atoms with Crippen molar-refractivity contribution in [2.75, 3.05) is 0 Å². The van der Waals surface area contributed by atoms with Gasteiger partial charge in [-0.15, -0.1) is 0 Å². The van der Waals surface area contributed by atoms with Crippen LogP contribution < -0.4 is 5.32 Å². The van der Waals surface area contributed by atoms with Gasteiger partial charge in [-0.3, -0.25) is 4.79 Å². The molecule has 4 aromatic rings. The number of benzene rings is 2. The van der Waals surface area contributed by atoms with Crippen LogP contribution in [0.3, 0.4) is 0 Å². The van der Waals surface area contributed by atoms with E-state index in [1.54, 1.807) is 40.1 Å². The summed E-state index contributed by atoms with van der Waals surface area (Å²) in [4.78, 5) is 16.4. The number of halogens is 1. The number of aromatic nitrogens is 5. The highest BCUT2D eigenvalue weighted by molar-refractivity contribution is 6.30. The van der Waals surface area contributed by atoms with E-state index in [4.69, 9.17) is 11.6 Å². The zero-order chi connectivity index (χ0) is 19.3. The van der Waals surface area contributed by atoms with Crippen LogP contribution in [0, 0.1) is 0 Å². The van der Waals surface area contributed by atoms with Gasteiger partial charge in [0, 0.05) is 17.8 Å². The minimum absolute atomic E-state index is 0.234. The summed E-state index contributed by atoms with van der Waals surface area (Å²) in [5.41, 5.74) is 3.23. The SMILES string of the molecule is O=C(NCc1cccc(Cn2cncn2)c1)c1ccn(-c2cccc(Cl)c2)n1. The number of nitrogens with zero attached hydrogens (tertiary/aromatic N) is 5. The second-order valence-corrected chi connectivity index (χ2v) is 6.66. The fourth-order valence-electron chi connectivity index (χ4n) is 2.82. The number of nitrogens with one attached hydrogen (secondary N) is 1. The molecular weight excluding hydrogens is 376 g/mol. The van der Waals surface area contributed by atoms with E-state index >= 15 is 0 Å². The summed E-state index contributed by atoms with van der Waals surface area (Å²) >= 11 is 6.01. The summed E-state index contributed by atoms with van der Waals surface area (Å²) < 4.78 is 3.37. The van der Waals surface area contributed by atoms with Gasteiger partial charge in [0.05, 0.1) is 12.2 Å². The van der Waals surface area contributed by atoms with Gasteiger partial charge in [0.1, 0.15) is 12.7 Å². The van der Waals surface area contributed by atoms with E-state index in [0.29, 0.717) is 23.8 Å². The Morgan fingerprint density at radius 2 is 1.93 bits per heavy atom. The quantitative estimate of drug-likeness (QED) is 0.547. The molecule has 0 bridgehead atoms. The molecule has 0 unspecified atom stereocenters. The highest BCUT2D eigenvalue weighted by atomic mass is 35.5. The smallest absolute Gasteiger partial charge is 0.272 e. The number of hydrogen-bond acceptors (Lipinski definition) is 4. The van der Waals surface area contributed by atoms with Gasteiger partial charge in [-0.25, -0.2) is 14.3 Å². The molecule has 0 aliphatic carbocycles. The Morgan fingerprint density at radius 1 is 1.07 bits per heavy atom. The van der Waals surface area contributed by atoms with Gasteiger partial charge in [0.25, 0.3) is 5.91 Å². The van der Waals surface area contributed by atoms with Crippen LogP contribution in [0.15, 0.2) is 73.4 Å². The van der Waals surface area contributed by atoms with Crippen molar-refractivity contribution in [2.24, 2.45) is 0 Å². The first-order valence-electron chi connectivity index (χ1n) is 8.67. The molecule has 0 aliphatic heterocycles. The zero-order valence-corrected chi connectivity index (χ0v) is 15.6. The molecule has 8 heteroatoms. The topological polar surface area (TPSA) is 77.6 Å². The van der Waals surface area contributed by atoms with Gasteiger partial charge < -0.3 is 5.32 Å². The van der Waals surface area contributed by atoms with E-state index in [1.165, 1.54) is 6.33 Å². The number of amides is 1. The predicted molar refractivity (Wildman–Crippen MR) is 105 cm³/mol. The van der Waals surface area contributed by atoms with Crippen molar-refractivity contribution < 1.29 is 4.79 Å². The third-order valence-electron chi connectivity index (χ3n) is 4.15. The molecule has 1 amide bonds. The maximum Gasteiger partial charge on any atom is 0.272 e. The Hall–Kier alpha value is -3.45. The molecule has 140 valence electrons. The number of carbonyl (C=O) groups is 1. The van der Waals surface area contributed by atoms with Crippen LogP contribution in [0.2, 0.25) is 5.02 Å². The molecule has 0 aliphatic rings. The van der Waals surface area contributed by atoms with Gasteiger partial charge in [-0.05, 0) is 35.4 Å². The van der Waals surface area contributed by atoms with Gasteiger partial charge in [0.2, 0.25) is 0 Å². The van der Waals surface area contributed by atoms with Crippen LogP contribution in [0.1, 0.15) is 21.6 Å². The van der Waals surface area contributed by atoms with Crippen molar-refractivity contribution in [1.82, 2.24) is 29.9 Å². The minimum atomic E-state index is -0.234. The van der Waals surface area contributed by atoms with Crippen molar-refractivity contribution in [3.63, 3.8) is 0 Å². The molecule has 0 saturated heterocycles. The van der Waals surface area contributed by atoms with Crippen molar-refractivity contribution in [2.45, 2.75) is 13.1 Å². The van der Waals surface area contributed by atoms with E-state index in [2.05, 4.69) is 20.5 Å². The fourth-order valence-corrected chi connectivity index (χ4v) is 3.00. The Kier molecular flexibility index (Phi) is 5.16. The molecule has 7 nitrogen and oxygen atoms in total. The molecule has 2 heterocycles. The lowest BCUT2D eigenvalue weighted by molar-refractivity contribution is 0.0945. The molecule has 1 N–H and O–H groups in total. The Bertz CT molecular complexity index is 1090. The summed E-state index contributed by atoms with van der Waals surface area (Å²) in [5.74, 6) is -0.234. The molecule has 0 atom stereocenters. The van der Waals surface area contributed by atoms with Crippen LogP contribution >= 0.6 is 11.6 Å². The molecule has 2 aromatic heterocycles. The van der Waals surface area contributed by atoms with E-state index in [-0.39, 0.29) is 5.91 Å². The second kappa shape index (κ2) is 8.06. The van der Waals surface area contributed by atoms with Crippen LogP contribution in [-0.2, 0) is 13.1 Å². The monoisotopic (exact) mass is 392 g/mol. The number of rotatable bonds is 6. The normalized spacial score (nSPS) is 10.8. The van der Waals surface area contributed by atoms with Crippen molar-refractivity contribution >= 4 is 17.5 Å². The summed E-state index contributed by atoms with van der Waals surface area (Å²) in [6, 6.07) is 16.9. The van der Waals surface area contributed by atoms with E-state index in [0.717, 1.165) is 16.8 Å². The van der Waals surface area contributed by atoms with E-state index in [1.807, 2.05) is 36.4 Å². The largest absolute Gasteiger partial charge is 0.347 e. The van der Waals surface area contributed by atoms with E-state index < -0.39 is 0 Å². The lowest BCUT2D eigenvalue weighted by atomic mass is 10.1. The van der Waals surface area contributed by atoms with Gasteiger partial charge in [-0.1, -0.05) is 41.9 Å². The lowest BCUT2D eigenvalue weighted by Crippen LogP contribution is -2.23. The summed E-state index contributed by atoms with van der Waals surface area (Å²) in [7, 11) is 0. The molecule has 2 aromatic carbocycles. The third kappa shape index (κ3) is 4.27. The lowest BCUT2D eigenvalue weighted by Gasteiger charge is -2.07. The minimum Gasteiger partial charge on any atom is -0.347 e. The third-order valence-corrected chi connectivity index (χ3v) is 4.39. The van der Waals surface area contributed by atoms with Crippen LogP contribution in [0.25, 0.3) is 5.69 Å². The number of hydrogen-bond donors (Lipinski definition) is 1. The molecule has 0 radical (unpaired) electrons. The molecule has 0 spiro atoms. The maximum absolute atomic E-state index is 12.4. The average Bonchev–Trinajstić information content (AvgIpc) is 3.38. The summed E-state index contributed by atoms with van der Waals surface area (Å²) in [6.07, 6.45) is 4.91. The van der Waals surface area contributed by atoms with Gasteiger partial charge >= 0.3 is 0 Å². The van der Waals surface area contributed by atoms with E-state index in [9.17, 15) is 4.79 Å². The summed E-state index contributed by atoms with van der Waals surface area (Å²) in [5, 5.41) is 12.0. The molecule has 0 fully saturated rings. The molecule has 0 saturated carbocycles. The highest BCUT2D eigenvalue weighted by Crippen LogP contribution is 2.14. The highest BCUT2D eigenvalue weighted by Gasteiger charge is 2.10. The van der Waals surface area contributed by atoms with Crippen molar-refractivity contribution in [1.29, 1.82) is 0 Å². The Morgan fingerprint density at radius 3 is 2.75 bits per heavy atom. The predicted octanol–water partition coefficient (Wildman–Crippen LogP) is 3.10. The van der Waals surface area contributed by atoms with Gasteiger partial charge in [-0.2, -0.15) is 10.2 Å². The van der Waals surface area contributed by atoms with Crippen LogP contribution in [0.5, 0.6) is 0 Å². The molecular formula is C20H17ClN6O. The maximum atomic E-state index is 12.4. The number of carbonyl (C=O) groups excluding carboxylic acids is 1. The average molecular weight is 393 g/mol. The zero-order valence-electron chi connectivity index (χ0n) is 14.9. The summed E-state index contributed by atoms with van der Waals surface area (Å²) in [6.45, 7) is 1.04. The first kappa shape index (κ1) is 17.9. The fraction of sp³-hybridized carbons (Fsp3) is 0.100. The Labute approximate surface area is 166 Å².